The molecule has 1 aliphatic carbocycles. The summed E-state index contributed by atoms with van der Waals surface area (Å²) in [6.07, 6.45) is 6.06. The first-order valence-corrected chi connectivity index (χ1v) is 6.65. The molecule has 2 heterocycles. The topological polar surface area (TPSA) is 51.8 Å². The molecule has 1 saturated carbocycles. The Morgan fingerprint density at radius 3 is 2.88 bits per heavy atom. The van der Waals surface area contributed by atoms with Gasteiger partial charge in [0.25, 0.3) is 0 Å². The van der Waals surface area contributed by atoms with Gasteiger partial charge in [0.2, 0.25) is 0 Å². The minimum Gasteiger partial charge on any atom is -0.330 e. The van der Waals surface area contributed by atoms with Crippen LogP contribution in [0.15, 0.2) is 24.5 Å². The molecule has 1 fully saturated rings. The van der Waals surface area contributed by atoms with Crippen molar-refractivity contribution in [3.05, 3.63) is 35.1 Å². The molecule has 0 amide bonds. The van der Waals surface area contributed by atoms with Gasteiger partial charge < -0.3 is 5.73 Å². The van der Waals surface area contributed by atoms with Crippen molar-refractivity contribution in [1.82, 2.24) is 9.97 Å². The Kier molecular flexibility index (Phi) is 2.49. The zero-order valence-electron chi connectivity index (χ0n) is 9.81. The third kappa shape index (κ3) is 1.77. The van der Waals surface area contributed by atoms with Gasteiger partial charge in [-0.2, -0.15) is 0 Å². The van der Waals surface area contributed by atoms with Gasteiger partial charge in [-0.15, -0.1) is 11.3 Å². The lowest BCUT2D eigenvalue weighted by Crippen LogP contribution is -2.19. The number of aryl methyl sites for hydroxylation is 1. The molecule has 2 N–H and O–H groups in total. The van der Waals surface area contributed by atoms with E-state index in [9.17, 15) is 0 Å². The number of pyridine rings is 1. The molecule has 3 nitrogen and oxygen atoms in total. The minimum atomic E-state index is 0.238. The van der Waals surface area contributed by atoms with E-state index in [1.807, 2.05) is 12.3 Å². The van der Waals surface area contributed by atoms with Gasteiger partial charge in [0.1, 0.15) is 5.01 Å². The number of nitrogens with zero attached hydrogens (tertiary/aromatic N) is 2. The van der Waals surface area contributed by atoms with Crippen molar-refractivity contribution in [3.8, 4) is 10.6 Å². The summed E-state index contributed by atoms with van der Waals surface area (Å²) in [5, 5.41) is 1.06. The van der Waals surface area contributed by atoms with Gasteiger partial charge >= 0.3 is 0 Å². The monoisotopic (exact) mass is 245 g/mol. The summed E-state index contributed by atoms with van der Waals surface area (Å²) in [6.45, 7) is 2.82. The summed E-state index contributed by atoms with van der Waals surface area (Å²) in [7, 11) is 0. The Hall–Kier alpha value is -1.26. The van der Waals surface area contributed by atoms with E-state index in [-0.39, 0.29) is 5.41 Å². The lowest BCUT2D eigenvalue weighted by atomic mass is 10.0. The average Bonchev–Trinajstić information content (AvgIpc) is 3.07. The van der Waals surface area contributed by atoms with Crippen LogP contribution in [0.1, 0.15) is 23.4 Å². The van der Waals surface area contributed by atoms with E-state index in [1.54, 1.807) is 17.5 Å². The van der Waals surface area contributed by atoms with Crippen molar-refractivity contribution in [2.45, 2.75) is 25.2 Å². The van der Waals surface area contributed by atoms with Crippen LogP contribution in [0.5, 0.6) is 0 Å². The summed E-state index contributed by atoms with van der Waals surface area (Å²) < 4.78 is 0. The summed E-state index contributed by atoms with van der Waals surface area (Å²) >= 11 is 1.78. The van der Waals surface area contributed by atoms with Gasteiger partial charge in [0, 0.05) is 34.8 Å². The van der Waals surface area contributed by atoms with Gasteiger partial charge in [-0.25, -0.2) is 4.98 Å². The van der Waals surface area contributed by atoms with E-state index < -0.39 is 0 Å². The molecule has 0 unspecified atom stereocenters. The predicted molar refractivity (Wildman–Crippen MR) is 70.0 cm³/mol. The fourth-order valence-electron chi connectivity index (χ4n) is 2.18. The van der Waals surface area contributed by atoms with Crippen molar-refractivity contribution >= 4 is 11.3 Å². The van der Waals surface area contributed by atoms with Crippen LogP contribution in [0.4, 0.5) is 0 Å². The second kappa shape index (κ2) is 3.89. The van der Waals surface area contributed by atoms with E-state index in [4.69, 9.17) is 5.73 Å². The maximum Gasteiger partial charge on any atom is 0.125 e. The molecule has 0 aliphatic heterocycles. The summed E-state index contributed by atoms with van der Waals surface area (Å²) in [5.74, 6) is 0. The molecular formula is C13H15N3S. The zero-order chi connectivity index (χ0) is 11.9. The molecule has 0 saturated heterocycles. The molecule has 0 atom stereocenters. The van der Waals surface area contributed by atoms with Crippen LogP contribution in [-0.4, -0.2) is 16.5 Å². The van der Waals surface area contributed by atoms with Crippen LogP contribution in [-0.2, 0) is 5.41 Å². The summed E-state index contributed by atoms with van der Waals surface area (Å²) in [5.41, 5.74) is 8.36. The predicted octanol–water partition coefficient (Wildman–Crippen LogP) is 2.50. The first kappa shape index (κ1) is 10.9. The van der Waals surface area contributed by atoms with E-state index in [0.717, 1.165) is 22.8 Å². The van der Waals surface area contributed by atoms with E-state index in [0.29, 0.717) is 0 Å². The van der Waals surface area contributed by atoms with Crippen molar-refractivity contribution in [3.63, 3.8) is 0 Å². The Morgan fingerprint density at radius 1 is 1.47 bits per heavy atom. The molecule has 0 spiro atoms. The third-order valence-corrected chi connectivity index (χ3v) is 4.88. The highest BCUT2D eigenvalue weighted by atomic mass is 32.1. The quantitative estimate of drug-likeness (QED) is 0.904. The number of hydrogen-bond acceptors (Lipinski definition) is 4. The van der Waals surface area contributed by atoms with Gasteiger partial charge in [-0.3, -0.25) is 4.98 Å². The normalized spacial score (nSPS) is 17.1. The van der Waals surface area contributed by atoms with Crippen molar-refractivity contribution in [2.24, 2.45) is 5.73 Å². The molecular weight excluding hydrogens is 230 g/mol. The van der Waals surface area contributed by atoms with Gasteiger partial charge in [-0.1, -0.05) is 0 Å². The number of thiazole rings is 1. The molecule has 1 aliphatic rings. The highest BCUT2D eigenvalue weighted by Crippen LogP contribution is 2.51. The highest BCUT2D eigenvalue weighted by Gasteiger charge is 2.45. The summed E-state index contributed by atoms with van der Waals surface area (Å²) in [4.78, 5) is 10.2. The van der Waals surface area contributed by atoms with Gasteiger partial charge in [-0.05, 0) is 31.9 Å². The van der Waals surface area contributed by atoms with Crippen LogP contribution in [0.25, 0.3) is 10.6 Å². The zero-order valence-corrected chi connectivity index (χ0v) is 10.6. The van der Waals surface area contributed by atoms with Crippen LogP contribution < -0.4 is 5.73 Å². The molecule has 0 bridgehead atoms. The SMILES string of the molecule is Cc1nc(-c2cccnc2)sc1C1(CN)CC1. The molecule has 2 aromatic heterocycles. The lowest BCUT2D eigenvalue weighted by Gasteiger charge is -2.09. The van der Waals surface area contributed by atoms with Crippen LogP contribution in [0, 0.1) is 6.92 Å². The van der Waals surface area contributed by atoms with Crippen molar-refractivity contribution in [1.29, 1.82) is 0 Å². The molecule has 4 heteroatoms. The first-order chi connectivity index (χ1) is 8.25. The second-order valence-electron chi connectivity index (χ2n) is 4.66. The molecule has 2 aromatic rings. The van der Waals surface area contributed by atoms with Gasteiger partial charge in [0.05, 0.1) is 5.69 Å². The maximum atomic E-state index is 5.88. The largest absolute Gasteiger partial charge is 0.330 e. The van der Waals surface area contributed by atoms with Gasteiger partial charge in [0.15, 0.2) is 0 Å². The molecule has 88 valence electrons. The first-order valence-electron chi connectivity index (χ1n) is 5.83. The number of aromatic nitrogens is 2. The Balaban J connectivity index is 2.02. The number of nitrogens with two attached hydrogens (primary N) is 1. The van der Waals surface area contributed by atoms with Crippen LogP contribution in [0.2, 0.25) is 0 Å². The molecule has 0 aromatic carbocycles. The Bertz CT molecular complexity index is 529. The lowest BCUT2D eigenvalue weighted by molar-refractivity contribution is 0.712. The Morgan fingerprint density at radius 2 is 2.29 bits per heavy atom. The minimum absolute atomic E-state index is 0.238. The maximum absolute atomic E-state index is 5.88. The van der Waals surface area contributed by atoms with Crippen LogP contribution >= 0.6 is 11.3 Å². The van der Waals surface area contributed by atoms with Crippen molar-refractivity contribution in [2.75, 3.05) is 6.54 Å². The fourth-order valence-corrected chi connectivity index (χ4v) is 3.49. The smallest absolute Gasteiger partial charge is 0.125 e. The Labute approximate surface area is 105 Å². The van der Waals surface area contributed by atoms with E-state index in [1.165, 1.54) is 17.7 Å². The van der Waals surface area contributed by atoms with Crippen LogP contribution in [0.3, 0.4) is 0 Å². The van der Waals surface area contributed by atoms with Crippen molar-refractivity contribution < 1.29 is 0 Å². The standard InChI is InChI=1S/C13H15N3S/c1-9-11(13(8-14)4-5-13)17-12(16-9)10-3-2-6-15-7-10/h2-3,6-7H,4-5,8,14H2,1H3. The van der Waals surface area contributed by atoms with E-state index in [2.05, 4.69) is 23.0 Å². The average molecular weight is 245 g/mol. The number of rotatable bonds is 3. The second-order valence-corrected chi connectivity index (χ2v) is 5.66. The summed E-state index contributed by atoms with van der Waals surface area (Å²) in [6, 6.07) is 4.00. The molecule has 0 radical (unpaired) electrons. The fraction of sp³-hybridized carbons (Fsp3) is 0.385. The highest BCUT2D eigenvalue weighted by molar-refractivity contribution is 7.15. The third-order valence-electron chi connectivity index (χ3n) is 3.43. The van der Waals surface area contributed by atoms with E-state index >= 15 is 0 Å². The number of hydrogen-bond donors (Lipinski definition) is 1. The molecule has 3 rings (SSSR count). The molecule has 17 heavy (non-hydrogen) atoms.